The summed E-state index contributed by atoms with van der Waals surface area (Å²) in [4.78, 5) is 50.3. The first kappa shape index (κ1) is 25.6. The Morgan fingerprint density at radius 3 is 1.48 bits per heavy atom. The SMILES string of the molecule is CCc1cc(C#N)ccc1C(CC)(C(CC)(C(=O)O)C(=O)O)C(CC)(C(=O)O)C(=O)O. The van der Waals surface area contributed by atoms with Crippen LogP contribution < -0.4 is 0 Å². The zero-order chi connectivity index (χ0) is 24.2. The van der Waals surface area contributed by atoms with E-state index in [-0.39, 0.29) is 17.5 Å². The highest BCUT2D eigenvalue weighted by molar-refractivity contribution is 6.07. The molecule has 0 saturated heterocycles. The van der Waals surface area contributed by atoms with Crippen LogP contribution in [0.1, 0.15) is 63.6 Å². The fourth-order valence-corrected chi connectivity index (χ4v) is 5.11. The molecule has 1 rings (SSSR count). The molecule has 0 heterocycles. The van der Waals surface area contributed by atoms with E-state index in [9.17, 15) is 44.9 Å². The van der Waals surface area contributed by atoms with Gasteiger partial charge in [-0.15, -0.1) is 0 Å². The van der Waals surface area contributed by atoms with Gasteiger partial charge in [0.1, 0.15) is 0 Å². The van der Waals surface area contributed by atoms with Crippen molar-refractivity contribution in [3.05, 3.63) is 34.9 Å². The van der Waals surface area contributed by atoms with Crippen molar-refractivity contribution < 1.29 is 39.6 Å². The summed E-state index contributed by atoms with van der Waals surface area (Å²) in [5, 5.41) is 50.0. The van der Waals surface area contributed by atoms with Gasteiger partial charge in [0.15, 0.2) is 10.8 Å². The van der Waals surface area contributed by atoms with E-state index in [2.05, 4.69) is 0 Å². The number of nitriles is 1. The molecule has 0 aliphatic rings. The summed E-state index contributed by atoms with van der Waals surface area (Å²) >= 11 is 0. The number of rotatable bonds is 11. The third-order valence-corrected chi connectivity index (χ3v) is 6.58. The molecular formula is C22H27NO8. The van der Waals surface area contributed by atoms with Crippen LogP contribution in [-0.4, -0.2) is 44.3 Å². The van der Waals surface area contributed by atoms with Gasteiger partial charge in [0.2, 0.25) is 0 Å². The van der Waals surface area contributed by atoms with Crippen LogP contribution in [0.5, 0.6) is 0 Å². The molecule has 4 N–H and O–H groups in total. The lowest BCUT2D eigenvalue weighted by molar-refractivity contribution is -0.191. The van der Waals surface area contributed by atoms with E-state index in [1.807, 2.05) is 6.07 Å². The topological polar surface area (TPSA) is 173 Å². The maximum absolute atomic E-state index is 12.6. The number of aryl methyl sites for hydroxylation is 1. The number of benzene rings is 1. The second kappa shape index (κ2) is 9.16. The van der Waals surface area contributed by atoms with Crippen LogP contribution in [0, 0.1) is 22.2 Å². The summed E-state index contributed by atoms with van der Waals surface area (Å²) in [6.45, 7) is 5.63. The lowest BCUT2D eigenvalue weighted by Gasteiger charge is -2.53. The molecule has 0 aliphatic carbocycles. The predicted octanol–water partition coefficient (Wildman–Crippen LogP) is 2.90. The molecule has 168 valence electrons. The molecule has 0 unspecified atom stereocenters. The van der Waals surface area contributed by atoms with E-state index in [1.54, 1.807) is 6.92 Å². The van der Waals surface area contributed by atoms with Gasteiger partial charge in [-0.2, -0.15) is 5.26 Å². The summed E-state index contributed by atoms with van der Waals surface area (Å²) in [6.07, 6.45) is -1.32. The molecule has 0 aromatic heterocycles. The highest BCUT2D eigenvalue weighted by Crippen LogP contribution is 2.60. The lowest BCUT2D eigenvalue weighted by Crippen LogP contribution is -2.68. The smallest absolute Gasteiger partial charge is 0.322 e. The maximum Gasteiger partial charge on any atom is 0.322 e. The highest BCUT2D eigenvalue weighted by Gasteiger charge is 2.74. The molecule has 0 radical (unpaired) electrons. The Morgan fingerprint density at radius 1 is 0.806 bits per heavy atom. The average Bonchev–Trinajstić information content (AvgIpc) is 2.72. The Bertz CT molecular complexity index is 875. The fraction of sp³-hybridized carbons (Fsp3) is 0.500. The molecule has 1 aromatic carbocycles. The largest absolute Gasteiger partial charge is 0.480 e. The number of hydrogen-bond acceptors (Lipinski definition) is 5. The number of carboxylic acid groups (broad SMARTS) is 4. The van der Waals surface area contributed by atoms with Gasteiger partial charge in [0, 0.05) is 5.41 Å². The van der Waals surface area contributed by atoms with E-state index >= 15 is 0 Å². The van der Waals surface area contributed by atoms with Crippen molar-refractivity contribution >= 4 is 23.9 Å². The standard InChI is InChI=1S/C22H27NO8/c1-5-14-11-13(12-23)9-10-15(14)22(8-4,20(6-2,16(24)25)17(26)27)21(7-3,18(28)29)19(30)31/h9-11H,5-8H2,1-4H3,(H,24,25)(H,26,27)(H,28,29)(H,30,31). The lowest BCUT2D eigenvalue weighted by atomic mass is 9.44. The van der Waals surface area contributed by atoms with Crippen LogP contribution in [0.25, 0.3) is 0 Å². The number of hydrogen-bond donors (Lipinski definition) is 4. The van der Waals surface area contributed by atoms with Gasteiger partial charge >= 0.3 is 23.9 Å². The zero-order valence-corrected chi connectivity index (χ0v) is 17.9. The van der Waals surface area contributed by atoms with Crippen molar-refractivity contribution in [3.8, 4) is 6.07 Å². The van der Waals surface area contributed by atoms with Gasteiger partial charge in [0.25, 0.3) is 0 Å². The van der Waals surface area contributed by atoms with Crippen LogP contribution in [-0.2, 0) is 31.0 Å². The number of nitrogens with zero attached hydrogens (tertiary/aromatic N) is 1. The Balaban J connectivity index is 4.56. The Labute approximate surface area is 179 Å². The predicted molar refractivity (Wildman–Crippen MR) is 108 cm³/mol. The third-order valence-electron chi connectivity index (χ3n) is 6.58. The van der Waals surface area contributed by atoms with E-state index in [0.29, 0.717) is 5.56 Å². The van der Waals surface area contributed by atoms with Crippen molar-refractivity contribution in [1.29, 1.82) is 5.26 Å². The highest BCUT2D eigenvalue weighted by atomic mass is 16.4. The Kier molecular flexibility index (Phi) is 7.58. The molecule has 0 saturated carbocycles. The summed E-state index contributed by atoms with van der Waals surface area (Å²) in [6, 6.07) is 5.95. The molecule has 1 aromatic rings. The molecule has 0 atom stereocenters. The Morgan fingerprint density at radius 2 is 1.23 bits per heavy atom. The fourth-order valence-electron chi connectivity index (χ4n) is 5.11. The molecular weight excluding hydrogens is 406 g/mol. The zero-order valence-electron chi connectivity index (χ0n) is 17.9. The quantitative estimate of drug-likeness (QED) is 0.383. The van der Waals surface area contributed by atoms with E-state index in [4.69, 9.17) is 0 Å². The van der Waals surface area contributed by atoms with Crippen molar-refractivity contribution in [1.82, 2.24) is 0 Å². The van der Waals surface area contributed by atoms with Crippen molar-refractivity contribution in [2.24, 2.45) is 10.8 Å². The van der Waals surface area contributed by atoms with Gasteiger partial charge in [-0.25, -0.2) is 0 Å². The molecule has 0 amide bonds. The molecule has 31 heavy (non-hydrogen) atoms. The van der Waals surface area contributed by atoms with Crippen molar-refractivity contribution in [2.75, 3.05) is 0 Å². The third kappa shape index (κ3) is 3.23. The van der Waals surface area contributed by atoms with Gasteiger partial charge in [-0.3, -0.25) is 19.2 Å². The van der Waals surface area contributed by atoms with Crippen LogP contribution in [0.2, 0.25) is 0 Å². The van der Waals surface area contributed by atoms with Crippen molar-refractivity contribution in [3.63, 3.8) is 0 Å². The van der Waals surface area contributed by atoms with Crippen LogP contribution >= 0.6 is 0 Å². The maximum atomic E-state index is 12.6. The summed E-state index contributed by atoms with van der Waals surface area (Å²) in [5.74, 6) is -7.29. The summed E-state index contributed by atoms with van der Waals surface area (Å²) < 4.78 is 0. The molecule has 0 fully saturated rings. The van der Waals surface area contributed by atoms with Gasteiger partial charge in [0.05, 0.1) is 11.6 Å². The molecule has 9 nitrogen and oxygen atoms in total. The van der Waals surface area contributed by atoms with Crippen LogP contribution in [0.4, 0.5) is 0 Å². The molecule has 0 aliphatic heterocycles. The first-order chi connectivity index (χ1) is 14.4. The minimum Gasteiger partial charge on any atom is -0.480 e. The van der Waals surface area contributed by atoms with Crippen molar-refractivity contribution in [2.45, 2.75) is 58.8 Å². The van der Waals surface area contributed by atoms with Gasteiger partial charge < -0.3 is 20.4 Å². The average molecular weight is 433 g/mol. The van der Waals surface area contributed by atoms with E-state index < -0.39 is 59.4 Å². The Hall–Kier alpha value is -3.41. The molecule has 0 spiro atoms. The van der Waals surface area contributed by atoms with Crippen LogP contribution in [0.15, 0.2) is 18.2 Å². The summed E-state index contributed by atoms with van der Waals surface area (Å²) in [7, 11) is 0. The van der Waals surface area contributed by atoms with Gasteiger partial charge in [-0.1, -0.05) is 33.8 Å². The molecule has 0 bridgehead atoms. The molecule has 9 heteroatoms. The monoisotopic (exact) mass is 433 g/mol. The first-order valence-electron chi connectivity index (χ1n) is 9.92. The normalized spacial score (nSPS) is 12.1. The first-order valence-corrected chi connectivity index (χ1v) is 9.92. The summed E-state index contributed by atoms with van der Waals surface area (Å²) in [5.41, 5.74) is -7.40. The van der Waals surface area contributed by atoms with E-state index in [1.165, 1.54) is 39.0 Å². The second-order valence-electron chi connectivity index (χ2n) is 7.33. The van der Waals surface area contributed by atoms with E-state index in [0.717, 1.165) is 0 Å². The minimum atomic E-state index is -2.77. The van der Waals surface area contributed by atoms with Crippen LogP contribution in [0.3, 0.4) is 0 Å². The minimum absolute atomic E-state index is 0.00481. The number of aliphatic carboxylic acids is 4. The van der Waals surface area contributed by atoms with Gasteiger partial charge in [-0.05, 0) is 48.9 Å². The second-order valence-corrected chi connectivity index (χ2v) is 7.33. The number of carboxylic acids is 4. The number of carbonyl (C=O) groups is 4.